The van der Waals surface area contributed by atoms with E-state index in [2.05, 4.69) is 10.3 Å². The average Bonchev–Trinajstić information content (AvgIpc) is 3.03. The van der Waals surface area contributed by atoms with Crippen LogP contribution in [0.5, 0.6) is 0 Å². The van der Waals surface area contributed by atoms with Crippen LogP contribution >= 0.6 is 0 Å². The Kier molecular flexibility index (Phi) is 4.67. The third kappa shape index (κ3) is 3.40. The van der Waals surface area contributed by atoms with Crippen molar-refractivity contribution >= 4 is 32.7 Å². The van der Waals surface area contributed by atoms with Crippen LogP contribution in [-0.4, -0.2) is 17.4 Å². The van der Waals surface area contributed by atoms with Crippen LogP contribution in [0, 0.1) is 27.7 Å². The van der Waals surface area contributed by atoms with Crippen LogP contribution in [-0.2, 0) is 10.0 Å². The summed E-state index contributed by atoms with van der Waals surface area (Å²) in [6.45, 7) is 7.87. The van der Waals surface area contributed by atoms with Gasteiger partial charge < -0.3 is 5.32 Å². The highest BCUT2D eigenvalue weighted by atomic mass is 32.2. The van der Waals surface area contributed by atoms with Gasteiger partial charge in [0.2, 0.25) is 5.95 Å². The largest absolute Gasteiger partial charge is 0.324 e. The minimum absolute atomic E-state index is 0.229. The summed E-state index contributed by atoms with van der Waals surface area (Å²) in [4.78, 5) is 4.86. The summed E-state index contributed by atoms with van der Waals surface area (Å²) in [6, 6.07) is 18.4. The molecule has 0 aliphatic heterocycles. The van der Waals surface area contributed by atoms with E-state index < -0.39 is 10.0 Å². The second-order valence-corrected chi connectivity index (χ2v) is 9.19. The van der Waals surface area contributed by atoms with Crippen LogP contribution in [0.2, 0.25) is 0 Å². The Hall–Kier alpha value is -3.12. The zero-order valence-electron chi connectivity index (χ0n) is 16.9. The third-order valence-corrected chi connectivity index (χ3v) is 6.76. The molecule has 4 rings (SSSR count). The van der Waals surface area contributed by atoms with Gasteiger partial charge in [0.1, 0.15) is 0 Å². The fourth-order valence-corrected chi connectivity index (χ4v) is 4.85. The number of nitrogens with zero attached hydrogens (tertiary/aromatic N) is 2. The lowest BCUT2D eigenvalue weighted by atomic mass is 10.1. The number of nitrogens with one attached hydrogen (secondary N) is 1. The standard InChI is InChI=1S/C23H23N3O2S/c1-15-8-11-19(12-9-15)29(27,28)26-21-13-10-16(2)14-20(21)24-23(26)25-22-17(3)6-5-7-18(22)4/h5-14H,1-4H3,(H,24,25). The molecule has 5 nitrogen and oxygen atoms in total. The predicted molar refractivity (Wildman–Crippen MR) is 117 cm³/mol. The zero-order valence-corrected chi connectivity index (χ0v) is 17.7. The van der Waals surface area contributed by atoms with Gasteiger partial charge in [-0.1, -0.05) is 42.0 Å². The predicted octanol–water partition coefficient (Wildman–Crippen LogP) is 5.25. The molecule has 0 aliphatic rings. The topological polar surface area (TPSA) is 64.0 Å². The number of aromatic nitrogens is 2. The number of imidazole rings is 1. The van der Waals surface area contributed by atoms with Crippen molar-refractivity contribution in [2.75, 3.05) is 5.32 Å². The fraction of sp³-hybridized carbons (Fsp3) is 0.174. The van der Waals surface area contributed by atoms with Crippen LogP contribution < -0.4 is 5.32 Å². The molecule has 0 saturated heterocycles. The van der Waals surface area contributed by atoms with Crippen LogP contribution in [0.1, 0.15) is 22.3 Å². The number of para-hydroxylation sites is 1. The van der Waals surface area contributed by atoms with Crippen LogP contribution in [0.15, 0.2) is 65.6 Å². The number of rotatable bonds is 4. The van der Waals surface area contributed by atoms with E-state index in [1.807, 2.05) is 58.0 Å². The maximum absolute atomic E-state index is 13.6. The van der Waals surface area contributed by atoms with E-state index >= 15 is 0 Å². The number of benzene rings is 3. The zero-order chi connectivity index (χ0) is 20.8. The molecule has 1 N–H and O–H groups in total. The van der Waals surface area contributed by atoms with Gasteiger partial charge in [-0.2, -0.15) is 0 Å². The molecule has 4 aromatic rings. The van der Waals surface area contributed by atoms with Gasteiger partial charge in [-0.3, -0.25) is 0 Å². The van der Waals surface area contributed by atoms with Gasteiger partial charge >= 0.3 is 0 Å². The first kappa shape index (κ1) is 19.2. The lowest BCUT2D eigenvalue weighted by molar-refractivity contribution is 0.589. The molecule has 1 heterocycles. The van der Waals surface area contributed by atoms with E-state index in [9.17, 15) is 8.42 Å². The molecule has 1 aromatic heterocycles. The molecule has 0 bridgehead atoms. The van der Waals surface area contributed by atoms with Crippen molar-refractivity contribution in [3.8, 4) is 0 Å². The highest BCUT2D eigenvalue weighted by Crippen LogP contribution is 2.31. The fourth-order valence-electron chi connectivity index (χ4n) is 3.43. The summed E-state index contributed by atoms with van der Waals surface area (Å²) in [5.41, 5.74) is 6.11. The molecular weight excluding hydrogens is 382 g/mol. The second kappa shape index (κ2) is 7.04. The van der Waals surface area contributed by atoms with E-state index in [0.717, 1.165) is 27.9 Å². The molecule has 0 saturated carbocycles. The minimum atomic E-state index is -3.84. The Morgan fingerprint density at radius 3 is 2.10 bits per heavy atom. The van der Waals surface area contributed by atoms with Gasteiger partial charge in [-0.25, -0.2) is 17.4 Å². The molecule has 0 radical (unpaired) electrons. The van der Waals surface area contributed by atoms with Crippen molar-refractivity contribution in [3.63, 3.8) is 0 Å². The molecule has 0 fully saturated rings. The Balaban J connectivity index is 1.97. The van der Waals surface area contributed by atoms with Gasteiger partial charge in [-0.15, -0.1) is 0 Å². The summed E-state index contributed by atoms with van der Waals surface area (Å²) in [6.07, 6.45) is 0. The number of hydrogen-bond donors (Lipinski definition) is 1. The van der Waals surface area contributed by atoms with E-state index in [4.69, 9.17) is 0 Å². The molecule has 6 heteroatoms. The van der Waals surface area contributed by atoms with Gasteiger partial charge in [0.05, 0.1) is 15.9 Å². The van der Waals surface area contributed by atoms with Gasteiger partial charge in [0.15, 0.2) is 0 Å². The number of fused-ring (bicyclic) bond motifs is 1. The normalized spacial score (nSPS) is 11.7. The molecule has 148 valence electrons. The first-order valence-corrected chi connectivity index (χ1v) is 10.9. The van der Waals surface area contributed by atoms with Gasteiger partial charge in [-0.05, 0) is 68.7 Å². The van der Waals surface area contributed by atoms with E-state index in [0.29, 0.717) is 11.0 Å². The highest BCUT2D eigenvalue weighted by molar-refractivity contribution is 7.90. The number of hydrogen-bond acceptors (Lipinski definition) is 4. The number of aryl methyl sites for hydroxylation is 4. The molecule has 0 aliphatic carbocycles. The average molecular weight is 406 g/mol. The minimum Gasteiger partial charge on any atom is -0.324 e. The van der Waals surface area contributed by atoms with Gasteiger partial charge in [0.25, 0.3) is 10.0 Å². The Labute approximate surface area is 171 Å². The van der Waals surface area contributed by atoms with Crippen LogP contribution in [0.4, 0.5) is 11.6 Å². The maximum atomic E-state index is 13.6. The quantitative estimate of drug-likeness (QED) is 0.504. The van der Waals surface area contributed by atoms with E-state index in [1.165, 1.54) is 3.97 Å². The summed E-state index contributed by atoms with van der Waals surface area (Å²) in [5.74, 6) is 0.281. The first-order valence-electron chi connectivity index (χ1n) is 9.42. The Morgan fingerprint density at radius 1 is 0.828 bits per heavy atom. The highest BCUT2D eigenvalue weighted by Gasteiger charge is 2.25. The lowest BCUT2D eigenvalue weighted by Gasteiger charge is -2.15. The van der Waals surface area contributed by atoms with Crippen molar-refractivity contribution in [1.29, 1.82) is 0 Å². The van der Waals surface area contributed by atoms with Crippen molar-refractivity contribution in [2.45, 2.75) is 32.6 Å². The molecule has 0 atom stereocenters. The van der Waals surface area contributed by atoms with E-state index in [1.54, 1.807) is 30.3 Å². The summed E-state index contributed by atoms with van der Waals surface area (Å²) in [5, 5.41) is 3.28. The molecular formula is C23H23N3O2S. The monoisotopic (exact) mass is 405 g/mol. The summed E-state index contributed by atoms with van der Waals surface area (Å²) < 4.78 is 28.4. The molecule has 0 amide bonds. The first-order chi connectivity index (χ1) is 13.8. The van der Waals surface area contributed by atoms with Crippen molar-refractivity contribution in [1.82, 2.24) is 8.96 Å². The molecule has 3 aromatic carbocycles. The van der Waals surface area contributed by atoms with Crippen molar-refractivity contribution in [3.05, 3.63) is 82.9 Å². The lowest BCUT2D eigenvalue weighted by Crippen LogP contribution is -2.16. The Bertz CT molecular complexity index is 1300. The summed E-state index contributed by atoms with van der Waals surface area (Å²) >= 11 is 0. The molecule has 0 spiro atoms. The molecule has 0 unspecified atom stereocenters. The second-order valence-electron chi connectivity index (χ2n) is 7.40. The number of anilines is 2. The van der Waals surface area contributed by atoms with Crippen molar-refractivity contribution < 1.29 is 8.42 Å². The third-order valence-electron chi connectivity index (χ3n) is 5.05. The van der Waals surface area contributed by atoms with E-state index in [-0.39, 0.29) is 10.8 Å². The van der Waals surface area contributed by atoms with Crippen LogP contribution in [0.3, 0.4) is 0 Å². The van der Waals surface area contributed by atoms with Crippen LogP contribution in [0.25, 0.3) is 11.0 Å². The maximum Gasteiger partial charge on any atom is 0.271 e. The van der Waals surface area contributed by atoms with Gasteiger partial charge in [0, 0.05) is 5.69 Å². The Morgan fingerprint density at radius 2 is 1.45 bits per heavy atom. The van der Waals surface area contributed by atoms with Crippen molar-refractivity contribution in [2.24, 2.45) is 0 Å². The molecule has 29 heavy (non-hydrogen) atoms. The summed E-state index contributed by atoms with van der Waals surface area (Å²) in [7, 11) is -3.84. The SMILES string of the molecule is Cc1ccc(S(=O)(=O)n2c(Nc3c(C)cccc3C)nc3cc(C)ccc32)cc1. The smallest absolute Gasteiger partial charge is 0.271 e.